The molecule has 4 aliphatic heterocycles. The summed E-state index contributed by atoms with van der Waals surface area (Å²) < 4.78 is 5.87. The number of aliphatic hydroxyl groups is 2. The van der Waals surface area contributed by atoms with Crippen LogP contribution in [-0.4, -0.2) is 75.7 Å². The van der Waals surface area contributed by atoms with Gasteiger partial charge in [-0.25, -0.2) is 0 Å². The summed E-state index contributed by atoms with van der Waals surface area (Å²) in [7, 11) is 0. The molecule has 0 spiro atoms. The number of nitrogens with one attached hydrogen (secondary N) is 1. The first kappa shape index (κ1) is 32.3. The predicted molar refractivity (Wildman–Crippen MR) is 175 cm³/mol. The minimum Gasteiger partial charge on any atom is -0.394 e. The number of carbonyl (C=O) groups is 3. The molecule has 9 nitrogen and oxygen atoms in total. The number of likely N-dealkylation sites (tertiary alicyclic amines) is 1. The zero-order valence-corrected chi connectivity index (χ0v) is 28.3. The molecule has 3 N–H and O–H groups in total. The van der Waals surface area contributed by atoms with Crippen LogP contribution >= 0.6 is 0 Å². The van der Waals surface area contributed by atoms with Gasteiger partial charge < -0.3 is 30.1 Å². The Morgan fingerprint density at radius 2 is 1.32 bits per heavy atom. The number of ether oxygens (including phenoxy) is 1. The molecule has 0 radical (unpaired) electrons. The van der Waals surface area contributed by atoms with Crippen LogP contribution in [0.3, 0.4) is 0 Å². The highest BCUT2D eigenvalue weighted by Crippen LogP contribution is 2.68. The van der Waals surface area contributed by atoms with E-state index >= 15 is 0 Å². The molecule has 252 valence electrons. The number of hydrogen-bond acceptors (Lipinski definition) is 6. The summed E-state index contributed by atoms with van der Waals surface area (Å²) in [6.07, 6.45) is -0.160. The molecule has 5 unspecified atom stereocenters. The molecular formula is C38H49N3O6. The van der Waals surface area contributed by atoms with Crippen LogP contribution in [0.25, 0.3) is 0 Å². The third-order valence-electron chi connectivity index (χ3n) is 12.8. The minimum atomic E-state index is -0.160. The van der Waals surface area contributed by atoms with E-state index in [2.05, 4.69) is 46.9 Å². The second kappa shape index (κ2) is 11.1. The topological polar surface area (TPSA) is 119 Å². The van der Waals surface area contributed by atoms with Gasteiger partial charge in [0.25, 0.3) is 0 Å². The molecule has 0 bridgehead atoms. The molecule has 9 heteroatoms. The van der Waals surface area contributed by atoms with Crippen molar-refractivity contribution in [2.24, 2.45) is 51.8 Å². The van der Waals surface area contributed by atoms with Crippen molar-refractivity contribution in [1.82, 2.24) is 15.1 Å². The van der Waals surface area contributed by atoms with Crippen molar-refractivity contribution in [3.63, 3.8) is 0 Å². The fraction of sp³-hybridized carbons (Fsp3) is 0.605. The first-order valence-electron chi connectivity index (χ1n) is 17.1. The number of rotatable bonds is 5. The normalized spacial score (nSPS) is 38.2. The molecule has 3 aliphatic carbocycles. The minimum absolute atomic E-state index is 0.00212. The standard InChI is InChI=1S/C15H17NO2.C15H19NO2.C8H13NO2/c1-15(2)11-10-8-18-14(9-6-4-3-5-7-9)16(10)13(17)12(11)15;1-15(2)12-11(9-17)16(14(18)13(12)15)8-10-6-4-3-5-7-10;1-8(2)5-4(3-10)9-7(11)6(5)8/h3-7,10-12,14H,8H2,1-2H3;3-7,11-13,17H,8-9H2,1-2H3;4-6,10H,3H2,1-2H3,(H,9,11)/t10?,11-,12?,14?;11-,12-,13?;4-,5-,6?/m111/s1. The van der Waals surface area contributed by atoms with E-state index in [1.54, 1.807) is 0 Å². The van der Waals surface area contributed by atoms with Gasteiger partial charge in [0, 0.05) is 29.9 Å². The lowest BCUT2D eigenvalue weighted by atomic mass is 10.0. The Bertz CT molecular complexity index is 1520. The zero-order chi connectivity index (χ0) is 33.6. The quantitative estimate of drug-likeness (QED) is 0.458. The zero-order valence-electron chi connectivity index (χ0n) is 28.3. The monoisotopic (exact) mass is 643 g/mol. The highest BCUT2D eigenvalue weighted by atomic mass is 16.5. The average molecular weight is 644 g/mol. The lowest BCUT2D eigenvalue weighted by molar-refractivity contribution is -0.138. The van der Waals surface area contributed by atoms with Crippen LogP contribution in [0.4, 0.5) is 0 Å². The maximum atomic E-state index is 12.5. The highest BCUT2D eigenvalue weighted by molar-refractivity contribution is 5.88. The summed E-state index contributed by atoms with van der Waals surface area (Å²) >= 11 is 0. The van der Waals surface area contributed by atoms with E-state index in [9.17, 15) is 19.5 Å². The number of piperidine rings is 3. The molecule has 4 saturated heterocycles. The van der Waals surface area contributed by atoms with Crippen molar-refractivity contribution in [1.29, 1.82) is 0 Å². The van der Waals surface area contributed by atoms with Crippen LogP contribution in [0.5, 0.6) is 0 Å². The van der Waals surface area contributed by atoms with Gasteiger partial charge >= 0.3 is 0 Å². The van der Waals surface area contributed by atoms with Crippen LogP contribution in [0.15, 0.2) is 60.7 Å². The number of carbonyl (C=O) groups excluding carboxylic acids is 3. The van der Waals surface area contributed by atoms with Gasteiger partial charge in [0.15, 0.2) is 6.23 Å². The van der Waals surface area contributed by atoms with E-state index in [1.165, 1.54) is 0 Å². The van der Waals surface area contributed by atoms with Crippen molar-refractivity contribution >= 4 is 17.7 Å². The summed E-state index contributed by atoms with van der Waals surface area (Å²) in [4.78, 5) is 39.8. The molecule has 0 aromatic heterocycles. The van der Waals surface area contributed by atoms with E-state index in [1.807, 2.05) is 70.5 Å². The number of aliphatic hydroxyl groups excluding tert-OH is 2. The predicted octanol–water partition coefficient (Wildman–Crippen LogP) is 3.61. The third-order valence-corrected chi connectivity index (χ3v) is 12.8. The van der Waals surface area contributed by atoms with Crippen molar-refractivity contribution < 1.29 is 29.3 Å². The van der Waals surface area contributed by atoms with Crippen LogP contribution in [-0.2, 0) is 25.7 Å². The summed E-state index contributed by atoms with van der Waals surface area (Å²) in [6.45, 7) is 14.3. The number of hydrogen-bond donors (Lipinski definition) is 3. The average Bonchev–Trinajstić information content (AvgIpc) is 3.65. The molecule has 3 saturated carbocycles. The van der Waals surface area contributed by atoms with Gasteiger partial charge in [0.2, 0.25) is 17.7 Å². The van der Waals surface area contributed by atoms with E-state index in [4.69, 9.17) is 9.84 Å². The molecule has 3 amide bonds. The van der Waals surface area contributed by atoms with Crippen molar-refractivity contribution in [2.75, 3.05) is 19.8 Å². The summed E-state index contributed by atoms with van der Waals surface area (Å²) in [5.41, 5.74) is 2.62. The Balaban J connectivity index is 0.000000116. The Morgan fingerprint density at radius 3 is 1.87 bits per heavy atom. The lowest BCUT2D eigenvalue weighted by Crippen LogP contribution is -2.41. The van der Waals surface area contributed by atoms with E-state index in [0.29, 0.717) is 42.9 Å². The van der Waals surface area contributed by atoms with Crippen LogP contribution in [0, 0.1) is 51.8 Å². The van der Waals surface area contributed by atoms with Gasteiger partial charge in [-0.3, -0.25) is 14.4 Å². The Morgan fingerprint density at radius 1 is 0.745 bits per heavy atom. The SMILES string of the molecule is CC1(C)C2C(=O)N(Cc3ccccc3)[C@H](CO)[C@H]21.CC1(C)C2C(=O)N3C(c4ccccc4)OCC3[C@H]21.CC1(C)C2C(=O)N[C@H](CO)[C@H]21. The molecule has 10 atom stereocenters. The maximum absolute atomic E-state index is 12.5. The number of nitrogens with zero attached hydrogens (tertiary/aromatic N) is 2. The summed E-state index contributed by atoms with van der Waals surface area (Å²) in [6, 6.07) is 20.3. The number of amides is 3. The second-order valence-electron chi connectivity index (χ2n) is 16.4. The van der Waals surface area contributed by atoms with E-state index in [0.717, 1.165) is 11.1 Å². The Labute approximate surface area is 277 Å². The molecule has 7 aliphatic rings. The largest absolute Gasteiger partial charge is 0.394 e. The molecule has 7 fully saturated rings. The Kier molecular flexibility index (Phi) is 7.65. The van der Waals surface area contributed by atoms with Gasteiger partial charge in [-0.2, -0.15) is 0 Å². The highest BCUT2D eigenvalue weighted by Gasteiger charge is 2.74. The first-order chi connectivity index (χ1) is 22.3. The smallest absolute Gasteiger partial charge is 0.229 e. The van der Waals surface area contributed by atoms with Gasteiger partial charge in [0.05, 0.1) is 37.9 Å². The molecule has 4 heterocycles. The fourth-order valence-electron chi connectivity index (χ4n) is 10.0. The van der Waals surface area contributed by atoms with Crippen LogP contribution < -0.4 is 5.32 Å². The van der Waals surface area contributed by atoms with E-state index < -0.39 is 0 Å². The van der Waals surface area contributed by atoms with Crippen LogP contribution in [0.1, 0.15) is 58.9 Å². The number of benzene rings is 2. The van der Waals surface area contributed by atoms with Crippen molar-refractivity contribution in [3.05, 3.63) is 71.8 Å². The summed E-state index contributed by atoms with van der Waals surface area (Å²) in [5.74, 6) is 2.36. The number of fused-ring (bicyclic) bond motifs is 5. The molecule has 2 aromatic carbocycles. The van der Waals surface area contributed by atoms with Gasteiger partial charge in [-0.1, -0.05) is 102 Å². The Hall–Kier alpha value is -3.27. The second-order valence-corrected chi connectivity index (χ2v) is 16.4. The van der Waals surface area contributed by atoms with Gasteiger partial charge in [-0.05, 0) is 39.6 Å². The lowest BCUT2D eigenvalue weighted by Gasteiger charge is -2.29. The first-order valence-corrected chi connectivity index (χ1v) is 17.1. The molecular weight excluding hydrogens is 594 g/mol. The third kappa shape index (κ3) is 4.94. The fourth-order valence-corrected chi connectivity index (χ4v) is 10.0. The maximum Gasteiger partial charge on any atom is 0.229 e. The molecule has 2 aromatic rings. The summed E-state index contributed by atoms with van der Waals surface area (Å²) in [5, 5.41) is 21.2. The van der Waals surface area contributed by atoms with Gasteiger partial charge in [-0.15, -0.1) is 0 Å². The van der Waals surface area contributed by atoms with Gasteiger partial charge in [0.1, 0.15) is 0 Å². The van der Waals surface area contributed by atoms with E-state index in [-0.39, 0.29) is 77.3 Å². The molecule has 47 heavy (non-hydrogen) atoms. The van der Waals surface area contributed by atoms with Crippen molar-refractivity contribution in [2.45, 2.75) is 72.4 Å². The van der Waals surface area contributed by atoms with Crippen molar-refractivity contribution in [3.8, 4) is 0 Å². The van der Waals surface area contributed by atoms with Crippen LogP contribution in [0.2, 0.25) is 0 Å². The molecule has 9 rings (SSSR count).